The summed E-state index contributed by atoms with van der Waals surface area (Å²) < 4.78 is 46.0. The van der Waals surface area contributed by atoms with Gasteiger partial charge >= 0.3 is 5.97 Å². The highest BCUT2D eigenvalue weighted by Crippen LogP contribution is 2.32. The van der Waals surface area contributed by atoms with Crippen LogP contribution in [0.1, 0.15) is 28.4 Å². The lowest BCUT2D eigenvalue weighted by molar-refractivity contribution is -0.129. The molecule has 1 heterocycles. The first-order valence-electron chi connectivity index (χ1n) is 10.7. The van der Waals surface area contributed by atoms with E-state index in [1.54, 1.807) is 12.1 Å². The van der Waals surface area contributed by atoms with E-state index in [-0.39, 0.29) is 22.8 Å². The van der Waals surface area contributed by atoms with Gasteiger partial charge in [0.25, 0.3) is 15.9 Å². The van der Waals surface area contributed by atoms with Gasteiger partial charge in [0.15, 0.2) is 6.10 Å². The van der Waals surface area contributed by atoms with Gasteiger partial charge < -0.3 is 10.1 Å². The predicted molar refractivity (Wildman–Crippen MR) is 124 cm³/mol. The molecule has 1 amide bonds. The van der Waals surface area contributed by atoms with E-state index in [4.69, 9.17) is 4.74 Å². The number of benzene rings is 3. The van der Waals surface area contributed by atoms with Crippen LogP contribution in [0.4, 0.5) is 10.1 Å². The van der Waals surface area contributed by atoms with Gasteiger partial charge in [-0.25, -0.2) is 17.6 Å². The Bertz CT molecular complexity index is 1330. The zero-order chi connectivity index (χ0) is 24.3. The van der Waals surface area contributed by atoms with Crippen molar-refractivity contribution >= 4 is 27.6 Å². The summed E-state index contributed by atoms with van der Waals surface area (Å²) in [6.07, 6.45) is -0.500. The third kappa shape index (κ3) is 4.94. The molecule has 176 valence electrons. The van der Waals surface area contributed by atoms with Gasteiger partial charge in [0, 0.05) is 13.1 Å². The van der Waals surface area contributed by atoms with E-state index in [1.165, 1.54) is 59.8 Å². The number of amides is 1. The molecule has 0 bridgehead atoms. The molecule has 34 heavy (non-hydrogen) atoms. The summed E-state index contributed by atoms with van der Waals surface area (Å²) in [6.45, 7) is 1.88. The Morgan fingerprint density at radius 3 is 2.56 bits per heavy atom. The van der Waals surface area contributed by atoms with Crippen molar-refractivity contribution in [3.8, 4) is 0 Å². The van der Waals surface area contributed by atoms with Crippen LogP contribution in [0.25, 0.3) is 0 Å². The van der Waals surface area contributed by atoms with Crippen molar-refractivity contribution in [2.24, 2.45) is 0 Å². The Labute approximate surface area is 197 Å². The minimum Gasteiger partial charge on any atom is -0.449 e. The smallest absolute Gasteiger partial charge is 0.338 e. The average molecular weight is 483 g/mol. The SMILES string of the molecule is CC(OC(=O)c1cccc(S(=O)(=O)N2CCc3ccccc32)c1)C(=O)NCc1ccc(F)cc1. The van der Waals surface area contributed by atoms with Gasteiger partial charge in [0.2, 0.25) is 0 Å². The van der Waals surface area contributed by atoms with Crippen molar-refractivity contribution in [1.29, 1.82) is 0 Å². The number of ether oxygens (including phenoxy) is 1. The first kappa shape index (κ1) is 23.4. The zero-order valence-corrected chi connectivity index (χ0v) is 19.2. The molecule has 3 aromatic carbocycles. The number of hydrogen-bond acceptors (Lipinski definition) is 5. The molecule has 3 aromatic rings. The molecular weight excluding hydrogens is 459 g/mol. The van der Waals surface area contributed by atoms with Crippen molar-refractivity contribution in [1.82, 2.24) is 5.32 Å². The second-order valence-corrected chi connectivity index (χ2v) is 9.74. The van der Waals surface area contributed by atoms with E-state index in [0.29, 0.717) is 24.2 Å². The Hall–Kier alpha value is -3.72. The molecule has 1 aliphatic rings. The molecule has 0 saturated heterocycles. The molecule has 1 unspecified atom stereocenters. The third-order valence-electron chi connectivity index (χ3n) is 5.54. The largest absolute Gasteiger partial charge is 0.449 e. The highest BCUT2D eigenvalue weighted by Gasteiger charge is 2.31. The van der Waals surface area contributed by atoms with Gasteiger partial charge in [-0.2, -0.15) is 0 Å². The van der Waals surface area contributed by atoms with Gasteiger partial charge in [0.05, 0.1) is 16.1 Å². The maximum Gasteiger partial charge on any atom is 0.338 e. The molecule has 0 aliphatic carbocycles. The average Bonchev–Trinajstić information content (AvgIpc) is 3.28. The molecule has 1 aliphatic heterocycles. The summed E-state index contributed by atoms with van der Waals surface area (Å²) in [4.78, 5) is 24.9. The Morgan fingerprint density at radius 1 is 1.06 bits per heavy atom. The van der Waals surface area contributed by atoms with Crippen LogP contribution in [0.3, 0.4) is 0 Å². The monoisotopic (exact) mass is 482 g/mol. The third-order valence-corrected chi connectivity index (χ3v) is 7.34. The first-order valence-corrected chi connectivity index (χ1v) is 12.1. The van der Waals surface area contributed by atoms with Crippen molar-refractivity contribution in [2.45, 2.75) is 30.9 Å². The van der Waals surface area contributed by atoms with Crippen molar-refractivity contribution in [3.63, 3.8) is 0 Å². The van der Waals surface area contributed by atoms with Gasteiger partial charge in [-0.15, -0.1) is 0 Å². The van der Waals surface area contributed by atoms with Crippen LogP contribution in [-0.4, -0.2) is 32.9 Å². The maximum atomic E-state index is 13.2. The lowest BCUT2D eigenvalue weighted by Gasteiger charge is -2.20. The van der Waals surface area contributed by atoms with E-state index < -0.39 is 28.0 Å². The Kier molecular flexibility index (Phi) is 6.65. The van der Waals surface area contributed by atoms with Crippen LogP contribution in [0, 0.1) is 5.82 Å². The number of esters is 1. The van der Waals surface area contributed by atoms with Crippen molar-refractivity contribution in [3.05, 3.63) is 95.3 Å². The number of halogens is 1. The second-order valence-electron chi connectivity index (χ2n) is 7.88. The number of para-hydroxylation sites is 1. The van der Waals surface area contributed by atoms with Gasteiger partial charge in [0.1, 0.15) is 5.82 Å². The number of rotatable bonds is 7. The molecule has 9 heteroatoms. The fourth-order valence-electron chi connectivity index (χ4n) is 3.69. The molecule has 4 rings (SSSR count). The number of hydrogen-bond donors (Lipinski definition) is 1. The van der Waals surface area contributed by atoms with Crippen LogP contribution in [0.5, 0.6) is 0 Å². The molecule has 0 fully saturated rings. The van der Waals surface area contributed by atoms with E-state index in [1.807, 2.05) is 12.1 Å². The minimum atomic E-state index is -3.88. The van der Waals surface area contributed by atoms with Crippen LogP contribution in [0.2, 0.25) is 0 Å². The number of nitrogens with zero attached hydrogens (tertiary/aromatic N) is 1. The molecule has 0 radical (unpaired) electrons. The van der Waals surface area contributed by atoms with E-state index in [9.17, 15) is 22.4 Å². The molecule has 0 aromatic heterocycles. The van der Waals surface area contributed by atoms with Crippen LogP contribution in [-0.2, 0) is 32.5 Å². The molecular formula is C25H23FN2O5S. The van der Waals surface area contributed by atoms with E-state index in [0.717, 1.165) is 5.56 Å². The molecule has 1 atom stereocenters. The molecule has 1 N–H and O–H groups in total. The molecule has 0 spiro atoms. The molecule has 0 saturated carbocycles. The summed E-state index contributed by atoms with van der Waals surface area (Å²) in [5.41, 5.74) is 2.28. The number of carbonyl (C=O) groups excluding carboxylic acids is 2. The highest BCUT2D eigenvalue weighted by atomic mass is 32.2. The quantitative estimate of drug-likeness (QED) is 0.521. The van der Waals surface area contributed by atoms with Crippen LogP contribution in [0.15, 0.2) is 77.7 Å². The standard InChI is InChI=1S/C25H23FN2O5S/c1-17(24(29)27-16-18-9-11-21(26)12-10-18)33-25(30)20-6-4-7-22(15-20)34(31,32)28-14-13-19-5-2-3-8-23(19)28/h2-12,15,17H,13-14,16H2,1H3,(H,27,29). The summed E-state index contributed by atoms with van der Waals surface area (Å²) >= 11 is 0. The number of nitrogens with one attached hydrogen (secondary N) is 1. The van der Waals surface area contributed by atoms with E-state index >= 15 is 0 Å². The van der Waals surface area contributed by atoms with Gasteiger partial charge in [-0.1, -0.05) is 36.4 Å². The van der Waals surface area contributed by atoms with Crippen LogP contribution < -0.4 is 9.62 Å². The predicted octanol–water partition coefficient (Wildman–Crippen LogP) is 3.44. The minimum absolute atomic E-state index is 0.0201. The van der Waals surface area contributed by atoms with E-state index in [2.05, 4.69) is 5.32 Å². The van der Waals surface area contributed by atoms with Gasteiger partial charge in [-0.3, -0.25) is 9.10 Å². The summed E-state index contributed by atoms with van der Waals surface area (Å²) in [6, 6.07) is 18.5. The Balaban J connectivity index is 1.42. The van der Waals surface area contributed by atoms with Crippen molar-refractivity contribution in [2.75, 3.05) is 10.8 Å². The molecule has 7 nitrogen and oxygen atoms in total. The fourth-order valence-corrected chi connectivity index (χ4v) is 5.24. The first-order chi connectivity index (χ1) is 16.3. The summed E-state index contributed by atoms with van der Waals surface area (Å²) in [7, 11) is -3.88. The van der Waals surface area contributed by atoms with Crippen molar-refractivity contribution < 1.29 is 27.1 Å². The zero-order valence-electron chi connectivity index (χ0n) is 18.4. The fraction of sp³-hybridized carbons (Fsp3) is 0.200. The van der Waals surface area contributed by atoms with Crippen LogP contribution >= 0.6 is 0 Å². The topological polar surface area (TPSA) is 92.8 Å². The van der Waals surface area contributed by atoms with Gasteiger partial charge in [-0.05, 0) is 60.9 Å². The number of sulfonamides is 1. The number of fused-ring (bicyclic) bond motifs is 1. The highest BCUT2D eigenvalue weighted by molar-refractivity contribution is 7.92. The number of carbonyl (C=O) groups is 2. The Morgan fingerprint density at radius 2 is 1.79 bits per heavy atom. The normalized spacial score (nSPS) is 13.8. The summed E-state index contributed by atoms with van der Waals surface area (Å²) in [5.74, 6) is -1.73. The summed E-state index contributed by atoms with van der Waals surface area (Å²) in [5, 5.41) is 2.62. The number of anilines is 1. The lowest BCUT2D eigenvalue weighted by Crippen LogP contribution is -2.35. The lowest BCUT2D eigenvalue weighted by atomic mass is 10.2. The second kappa shape index (κ2) is 9.64. The maximum absolute atomic E-state index is 13.2.